The number of likely N-dealkylation sites (tertiary alicyclic amines) is 3. The average molecular weight is 654 g/mol. The zero-order valence-corrected chi connectivity index (χ0v) is 27.8. The van der Waals surface area contributed by atoms with E-state index in [0.29, 0.717) is 19.3 Å². The molecule has 0 aliphatic carbocycles. The maximum absolute atomic E-state index is 13.3. The van der Waals surface area contributed by atoms with Crippen LogP contribution in [0, 0.1) is 17.8 Å². The molecule has 15 nitrogen and oxygen atoms in total. The lowest BCUT2D eigenvalue weighted by molar-refractivity contribution is -0.153. The number of amides is 3. The van der Waals surface area contributed by atoms with Crippen molar-refractivity contribution in [2.45, 2.75) is 98.2 Å². The van der Waals surface area contributed by atoms with E-state index in [2.05, 4.69) is 0 Å². The summed E-state index contributed by atoms with van der Waals surface area (Å²) in [6.45, 7) is 12.5. The summed E-state index contributed by atoms with van der Waals surface area (Å²) in [6.07, 6.45) is 0.148. The van der Waals surface area contributed by atoms with Crippen molar-refractivity contribution >= 4 is 43.5 Å². The summed E-state index contributed by atoms with van der Waals surface area (Å²) in [6, 6.07) is -3.20. The van der Waals surface area contributed by atoms with E-state index >= 15 is 0 Å². The van der Waals surface area contributed by atoms with Gasteiger partial charge in [0.2, 0.25) is 0 Å². The van der Waals surface area contributed by atoms with Crippen molar-refractivity contribution in [3.05, 3.63) is 0 Å². The normalized spacial score (nSPS) is 21.3. The Hall–Kier alpha value is -3.72. The van der Waals surface area contributed by atoms with Gasteiger partial charge in [0.05, 0.1) is 19.8 Å². The van der Waals surface area contributed by atoms with E-state index in [9.17, 15) is 28.8 Å². The van der Waals surface area contributed by atoms with Crippen LogP contribution in [0.5, 0.6) is 0 Å². The van der Waals surface area contributed by atoms with E-state index in [0.717, 1.165) is 0 Å². The van der Waals surface area contributed by atoms with Gasteiger partial charge in [-0.05, 0) is 56.3 Å². The smallest absolute Gasteiger partial charge is 0.526 e. The molecule has 3 rings (SSSR count). The van der Waals surface area contributed by atoms with Crippen molar-refractivity contribution in [1.82, 2.24) is 14.7 Å². The molecule has 46 heavy (non-hydrogen) atoms. The zero-order valence-electron chi connectivity index (χ0n) is 27.8. The molecule has 0 spiro atoms. The molecule has 0 aromatic heterocycles. The highest BCUT2D eigenvalue weighted by atomic mass is 16.8. The van der Waals surface area contributed by atoms with Gasteiger partial charge in [0.1, 0.15) is 18.1 Å². The van der Waals surface area contributed by atoms with Gasteiger partial charge >= 0.3 is 25.6 Å². The first-order valence-electron chi connectivity index (χ1n) is 16.2. The molecule has 0 unspecified atom stereocenters. The Labute approximate surface area is 270 Å². The highest BCUT2D eigenvalue weighted by molar-refractivity contribution is 6.44. The first kappa shape index (κ1) is 36.7. The summed E-state index contributed by atoms with van der Waals surface area (Å²) in [5, 5.41) is 0. The Kier molecular flexibility index (Phi) is 13.8. The van der Waals surface area contributed by atoms with Gasteiger partial charge in [-0.25, -0.2) is 14.4 Å². The van der Waals surface area contributed by atoms with Crippen LogP contribution in [0.4, 0.5) is 14.4 Å². The van der Waals surface area contributed by atoms with Crippen LogP contribution in [0.3, 0.4) is 0 Å². The number of hydrogen-bond donors (Lipinski definition) is 0. The molecule has 3 fully saturated rings. The maximum atomic E-state index is 13.3. The van der Waals surface area contributed by atoms with Gasteiger partial charge in [-0.2, -0.15) is 0 Å². The van der Waals surface area contributed by atoms with E-state index in [1.807, 2.05) is 41.5 Å². The molecule has 0 bridgehead atoms. The van der Waals surface area contributed by atoms with E-state index in [1.54, 1.807) is 0 Å². The predicted molar refractivity (Wildman–Crippen MR) is 162 cm³/mol. The molecule has 3 amide bonds. The van der Waals surface area contributed by atoms with Crippen LogP contribution in [-0.4, -0.2) is 116 Å². The van der Waals surface area contributed by atoms with Crippen LogP contribution in [-0.2, 0) is 42.6 Å². The molecule has 3 atom stereocenters. The molecule has 1 radical (unpaired) electrons. The van der Waals surface area contributed by atoms with Crippen molar-refractivity contribution in [3.63, 3.8) is 0 Å². The fourth-order valence-corrected chi connectivity index (χ4v) is 5.25. The molecular formula is C30H48BN3O12-. The Bertz CT molecular complexity index is 970. The van der Waals surface area contributed by atoms with Crippen LogP contribution in [0.25, 0.3) is 0 Å². The molecule has 3 saturated heterocycles. The van der Waals surface area contributed by atoms with Crippen molar-refractivity contribution < 1.29 is 56.9 Å². The summed E-state index contributed by atoms with van der Waals surface area (Å²) in [4.78, 5) is 81.7. The summed E-state index contributed by atoms with van der Waals surface area (Å²) >= 11 is 0. The molecule has 3 aliphatic rings. The minimum Gasteiger partial charge on any atom is -0.641 e. The summed E-state index contributed by atoms with van der Waals surface area (Å²) in [5.74, 6) is -2.67. The largest absolute Gasteiger partial charge is 0.641 e. The Morgan fingerprint density at radius 3 is 1.02 bits per heavy atom. The maximum Gasteiger partial charge on any atom is 0.526 e. The van der Waals surface area contributed by atoms with Crippen molar-refractivity contribution in [2.24, 2.45) is 17.8 Å². The molecular weight excluding hydrogens is 605 g/mol. The Morgan fingerprint density at radius 2 is 0.783 bits per heavy atom. The summed E-state index contributed by atoms with van der Waals surface area (Å²) in [7, 11) is -2.15. The number of carbonyl (C=O) groups excluding carboxylic acids is 6. The second-order valence-electron chi connectivity index (χ2n) is 13.1. The average Bonchev–Trinajstić information content (AvgIpc) is 3.78. The quantitative estimate of drug-likeness (QED) is 0.223. The molecule has 3 aliphatic heterocycles. The molecule has 0 N–H and O–H groups in total. The first-order chi connectivity index (χ1) is 21.8. The molecule has 0 aromatic rings. The van der Waals surface area contributed by atoms with Crippen molar-refractivity contribution in [2.75, 3.05) is 39.5 Å². The molecule has 259 valence electrons. The SMILES string of the molecule is CC(C)COC(=O)N1CCC[C@H]1C(=O)O[B-](OC(=O)[C@@H]1CCCN1C(=O)OCC(C)C)OC(=O)[C@@H]1CCCN1C(=O)OCC(C)C. The second-order valence-corrected chi connectivity index (χ2v) is 13.1. The van der Waals surface area contributed by atoms with E-state index in [-0.39, 0.29) is 76.5 Å². The summed E-state index contributed by atoms with van der Waals surface area (Å²) < 4.78 is 32.1. The molecule has 0 aromatic carbocycles. The first-order valence-corrected chi connectivity index (χ1v) is 16.2. The molecule has 0 saturated carbocycles. The van der Waals surface area contributed by atoms with Gasteiger partial charge in [0.25, 0.3) is 17.9 Å². The van der Waals surface area contributed by atoms with Crippen LogP contribution >= 0.6 is 0 Å². The topological polar surface area (TPSA) is 168 Å². The highest BCUT2D eigenvalue weighted by Crippen LogP contribution is 2.24. The van der Waals surface area contributed by atoms with Gasteiger partial charge in [-0.3, -0.25) is 29.1 Å². The van der Waals surface area contributed by atoms with Gasteiger partial charge in [0, 0.05) is 19.6 Å². The molecule has 3 heterocycles. The van der Waals surface area contributed by atoms with Crippen LogP contribution in [0.15, 0.2) is 0 Å². The van der Waals surface area contributed by atoms with Gasteiger partial charge < -0.3 is 28.2 Å². The van der Waals surface area contributed by atoms with Gasteiger partial charge in [0.15, 0.2) is 0 Å². The number of carbonyl (C=O) groups is 6. The van der Waals surface area contributed by atoms with Crippen molar-refractivity contribution in [3.8, 4) is 0 Å². The predicted octanol–water partition coefficient (Wildman–Crippen LogP) is 3.37. The van der Waals surface area contributed by atoms with E-state index < -0.39 is 61.6 Å². The lowest BCUT2D eigenvalue weighted by Gasteiger charge is -2.35. The second kappa shape index (κ2) is 17.3. The Balaban J connectivity index is 1.75. The lowest BCUT2D eigenvalue weighted by Crippen LogP contribution is -2.50. The third kappa shape index (κ3) is 10.4. The number of ether oxygens (including phenoxy) is 3. The van der Waals surface area contributed by atoms with Crippen LogP contribution in [0.1, 0.15) is 80.1 Å². The molecule has 16 heteroatoms. The zero-order chi connectivity index (χ0) is 34.0. The van der Waals surface area contributed by atoms with Crippen LogP contribution < -0.4 is 0 Å². The fourth-order valence-electron chi connectivity index (χ4n) is 5.25. The number of hydrogen-bond acceptors (Lipinski definition) is 12. The Morgan fingerprint density at radius 1 is 0.522 bits per heavy atom. The standard InChI is InChI=1S/C30H48BN3O12/c1-19(2)16-41-28(38)32-13-7-10-22(32)25(35)44-31(45-26(36)23-11-8-14-33(23)29(39)42-17-20(3)4)46-27(37)24-12-9-15-34(24)30(40)43-18-21(5)6/h19-24H,7-18H2,1-6H3/q-1/t22-,23-,24-/m0/s1. The number of nitrogens with zero attached hydrogens (tertiary/aromatic N) is 3. The fraction of sp³-hybridized carbons (Fsp3) is 0.800. The van der Waals surface area contributed by atoms with E-state index in [1.165, 1.54) is 14.7 Å². The minimum absolute atomic E-state index is 0.0794. The van der Waals surface area contributed by atoms with Crippen molar-refractivity contribution in [1.29, 1.82) is 0 Å². The third-order valence-electron chi connectivity index (χ3n) is 7.54. The lowest BCUT2D eigenvalue weighted by atomic mass is 10.1. The monoisotopic (exact) mass is 653 g/mol. The highest BCUT2D eigenvalue weighted by Gasteiger charge is 2.41. The van der Waals surface area contributed by atoms with Gasteiger partial charge in [-0.15, -0.1) is 0 Å². The van der Waals surface area contributed by atoms with E-state index in [4.69, 9.17) is 28.2 Å². The third-order valence-corrected chi connectivity index (χ3v) is 7.54. The summed E-state index contributed by atoms with van der Waals surface area (Å²) in [5.41, 5.74) is 0. The van der Waals surface area contributed by atoms with Gasteiger partial charge in [-0.1, -0.05) is 41.5 Å². The van der Waals surface area contributed by atoms with Crippen LogP contribution in [0.2, 0.25) is 0 Å². The number of rotatable bonds is 12. The minimum atomic E-state index is -2.15.